The molecule has 0 bridgehead atoms. The number of hydrogen-bond donors (Lipinski definition) is 3. The fourth-order valence-electron chi connectivity index (χ4n) is 10.5. The molecule has 0 spiro atoms. The monoisotopic (exact) mass is 1050 g/mol. The second-order valence-corrected chi connectivity index (χ2v) is 23.1. The lowest BCUT2D eigenvalue weighted by Crippen LogP contribution is -2.45. The maximum Gasteiger partial charge on any atom is 0.305 e. The quantitative estimate of drug-likeness (QED) is 0.0320. The van der Waals surface area contributed by atoms with Crippen molar-refractivity contribution in [1.29, 1.82) is 0 Å². The highest BCUT2D eigenvalue weighted by Crippen LogP contribution is 2.18. The summed E-state index contributed by atoms with van der Waals surface area (Å²) in [5.41, 5.74) is 0. The van der Waals surface area contributed by atoms with Gasteiger partial charge in [0, 0.05) is 12.8 Å². The minimum Gasteiger partial charge on any atom is -0.466 e. The summed E-state index contributed by atoms with van der Waals surface area (Å²) >= 11 is 0. The van der Waals surface area contributed by atoms with Gasteiger partial charge >= 0.3 is 5.97 Å². The van der Waals surface area contributed by atoms with Crippen LogP contribution in [-0.2, 0) is 14.3 Å². The van der Waals surface area contributed by atoms with E-state index in [0.717, 1.165) is 51.4 Å². The second kappa shape index (κ2) is 64.6. The predicted molar refractivity (Wildman–Crippen MR) is 329 cm³/mol. The summed E-state index contributed by atoms with van der Waals surface area (Å²) in [4.78, 5) is 24.5. The molecule has 0 saturated carbocycles. The Morgan fingerprint density at radius 2 is 0.667 bits per heavy atom. The van der Waals surface area contributed by atoms with Gasteiger partial charge in [-0.1, -0.05) is 307 Å². The average Bonchev–Trinajstić information content (AvgIpc) is 3.41. The Labute approximate surface area is 468 Å². The van der Waals surface area contributed by atoms with Gasteiger partial charge in [0.15, 0.2) is 0 Å². The summed E-state index contributed by atoms with van der Waals surface area (Å²) in [5.74, 6) is -0.0234. The highest BCUT2D eigenvalue weighted by atomic mass is 16.5. The Morgan fingerprint density at radius 1 is 0.373 bits per heavy atom. The van der Waals surface area contributed by atoms with E-state index in [2.05, 4.69) is 55.6 Å². The number of rotatable bonds is 63. The first kappa shape index (κ1) is 73.1. The molecule has 6 nitrogen and oxygen atoms in total. The van der Waals surface area contributed by atoms with E-state index < -0.39 is 12.1 Å². The van der Waals surface area contributed by atoms with E-state index in [1.54, 1.807) is 0 Å². The van der Waals surface area contributed by atoms with Crippen LogP contribution in [-0.4, -0.2) is 47.4 Å². The Hall–Kier alpha value is -1.92. The molecule has 1 amide bonds. The van der Waals surface area contributed by atoms with Crippen LogP contribution in [0.25, 0.3) is 0 Å². The number of carbonyl (C=O) groups is 2. The molecule has 0 fully saturated rings. The molecule has 0 aliphatic heterocycles. The molecule has 75 heavy (non-hydrogen) atoms. The van der Waals surface area contributed by atoms with Gasteiger partial charge in [0.1, 0.15) is 0 Å². The lowest BCUT2D eigenvalue weighted by molar-refractivity contribution is -0.143. The van der Waals surface area contributed by atoms with Gasteiger partial charge in [-0.25, -0.2) is 0 Å². The number of unbranched alkanes of at least 4 members (excludes halogenated alkanes) is 46. The van der Waals surface area contributed by atoms with Crippen molar-refractivity contribution in [3.8, 4) is 0 Å². The van der Waals surface area contributed by atoms with Gasteiger partial charge in [-0.05, 0) is 83.5 Å². The van der Waals surface area contributed by atoms with Crippen LogP contribution in [0, 0.1) is 0 Å². The first-order valence-corrected chi connectivity index (χ1v) is 33.7. The summed E-state index contributed by atoms with van der Waals surface area (Å²) < 4.78 is 5.50. The van der Waals surface area contributed by atoms with Crippen LogP contribution in [0.3, 0.4) is 0 Å². The molecule has 2 unspecified atom stereocenters. The van der Waals surface area contributed by atoms with Gasteiger partial charge in [-0.2, -0.15) is 0 Å². The smallest absolute Gasteiger partial charge is 0.305 e. The number of nitrogens with one attached hydrogen (secondary N) is 1. The minimum atomic E-state index is -0.661. The van der Waals surface area contributed by atoms with E-state index in [1.165, 1.54) is 283 Å². The van der Waals surface area contributed by atoms with Crippen molar-refractivity contribution < 1.29 is 24.5 Å². The number of carbonyl (C=O) groups excluding carboxylic acids is 2. The zero-order valence-corrected chi connectivity index (χ0v) is 50.5. The van der Waals surface area contributed by atoms with Crippen molar-refractivity contribution in [2.75, 3.05) is 13.2 Å². The maximum absolute atomic E-state index is 12.4. The van der Waals surface area contributed by atoms with Crippen molar-refractivity contribution in [2.24, 2.45) is 0 Å². The summed E-state index contributed by atoms with van der Waals surface area (Å²) in [6.45, 7) is 4.93. The van der Waals surface area contributed by atoms with Gasteiger partial charge in [-0.3, -0.25) is 9.59 Å². The standard InChI is InChI=1S/C69H131NO5/c1-3-5-7-9-11-13-15-16-17-33-37-40-43-47-51-55-59-63-69(74)75-64-60-56-52-48-44-41-38-35-32-30-28-26-24-22-20-18-19-21-23-25-27-29-31-34-36-39-42-46-50-54-58-62-68(73)70-66(65-71)67(72)61-57-53-49-45-14-12-10-8-6-4-2/h11,13,16-17,20,22,66-67,71-72H,3-10,12,14-15,18-19,21,23-65H2,1-2H3,(H,70,73)/b13-11-,17-16-,22-20-. The Morgan fingerprint density at radius 3 is 1.05 bits per heavy atom. The zero-order valence-electron chi connectivity index (χ0n) is 50.5. The van der Waals surface area contributed by atoms with Gasteiger partial charge < -0.3 is 20.3 Å². The first-order chi connectivity index (χ1) is 37.0. The van der Waals surface area contributed by atoms with E-state index in [9.17, 15) is 19.8 Å². The lowest BCUT2D eigenvalue weighted by Gasteiger charge is -2.22. The third-order valence-electron chi connectivity index (χ3n) is 15.7. The topological polar surface area (TPSA) is 95.9 Å². The van der Waals surface area contributed by atoms with Crippen LogP contribution in [0.2, 0.25) is 0 Å². The van der Waals surface area contributed by atoms with Crippen molar-refractivity contribution >= 4 is 11.9 Å². The summed E-state index contributed by atoms with van der Waals surface area (Å²) in [6, 6.07) is -0.538. The average molecular weight is 1050 g/mol. The highest BCUT2D eigenvalue weighted by molar-refractivity contribution is 5.76. The Bertz CT molecular complexity index is 1210. The number of amides is 1. The molecule has 0 aliphatic rings. The number of allylic oxidation sites excluding steroid dienone is 6. The number of esters is 1. The van der Waals surface area contributed by atoms with Crippen LogP contribution >= 0.6 is 0 Å². The molecule has 0 rings (SSSR count). The van der Waals surface area contributed by atoms with Crippen molar-refractivity contribution in [3.63, 3.8) is 0 Å². The number of aliphatic hydroxyl groups excluding tert-OH is 2. The maximum atomic E-state index is 12.4. The van der Waals surface area contributed by atoms with E-state index in [1.807, 2.05) is 0 Å². The third kappa shape index (κ3) is 61.2. The molecule has 0 aliphatic carbocycles. The zero-order chi connectivity index (χ0) is 54.3. The minimum absolute atomic E-state index is 0.0100. The normalized spacial score (nSPS) is 12.7. The summed E-state index contributed by atoms with van der Waals surface area (Å²) in [6.07, 6.45) is 81.9. The third-order valence-corrected chi connectivity index (χ3v) is 15.7. The molecule has 2 atom stereocenters. The number of ether oxygens (including phenoxy) is 1. The molecule has 0 aromatic heterocycles. The van der Waals surface area contributed by atoms with E-state index in [4.69, 9.17) is 4.74 Å². The molecule has 0 radical (unpaired) electrons. The van der Waals surface area contributed by atoms with E-state index >= 15 is 0 Å². The highest BCUT2D eigenvalue weighted by Gasteiger charge is 2.20. The van der Waals surface area contributed by atoms with E-state index in [-0.39, 0.29) is 18.5 Å². The van der Waals surface area contributed by atoms with Crippen LogP contribution in [0.5, 0.6) is 0 Å². The van der Waals surface area contributed by atoms with Crippen molar-refractivity contribution in [3.05, 3.63) is 36.5 Å². The summed E-state index contributed by atoms with van der Waals surface area (Å²) in [5, 5.41) is 23.2. The number of hydrogen-bond acceptors (Lipinski definition) is 5. The summed E-state index contributed by atoms with van der Waals surface area (Å²) in [7, 11) is 0. The molecule has 0 heterocycles. The molecule has 0 aromatic rings. The van der Waals surface area contributed by atoms with Crippen molar-refractivity contribution in [1.82, 2.24) is 5.32 Å². The van der Waals surface area contributed by atoms with Gasteiger partial charge in [0.25, 0.3) is 0 Å². The van der Waals surface area contributed by atoms with Gasteiger partial charge in [0.2, 0.25) is 5.91 Å². The largest absolute Gasteiger partial charge is 0.466 e. The van der Waals surface area contributed by atoms with E-state index in [0.29, 0.717) is 25.9 Å². The SMILES string of the molecule is CCCCC/C=C\C/C=C\CCCCCCCCCC(=O)OCCCCCCCCCCCCCC/C=C\CCCCCCCCCCCCCCCCCC(=O)NC(CO)C(O)CCCCCCCCCCCC. The second-order valence-electron chi connectivity index (χ2n) is 23.1. The molecule has 6 heteroatoms. The van der Waals surface area contributed by atoms with Crippen LogP contribution in [0.4, 0.5) is 0 Å². The fourth-order valence-corrected chi connectivity index (χ4v) is 10.5. The fraction of sp³-hybridized carbons (Fsp3) is 0.884. The van der Waals surface area contributed by atoms with Crippen LogP contribution in [0.15, 0.2) is 36.5 Å². The molecular formula is C69H131NO5. The molecule has 0 aromatic carbocycles. The molecule has 442 valence electrons. The lowest BCUT2D eigenvalue weighted by atomic mass is 10.0. The molecule has 3 N–H and O–H groups in total. The molecular weight excluding hydrogens is 923 g/mol. The first-order valence-electron chi connectivity index (χ1n) is 33.7. The predicted octanol–water partition coefficient (Wildman–Crippen LogP) is 21.5. The van der Waals surface area contributed by atoms with Gasteiger partial charge in [-0.15, -0.1) is 0 Å². The van der Waals surface area contributed by atoms with Crippen molar-refractivity contribution in [2.45, 2.75) is 379 Å². The van der Waals surface area contributed by atoms with Crippen LogP contribution in [0.1, 0.15) is 367 Å². The van der Waals surface area contributed by atoms with Crippen LogP contribution < -0.4 is 5.32 Å². The Balaban J connectivity index is 3.33. The number of aliphatic hydroxyl groups is 2. The van der Waals surface area contributed by atoms with Gasteiger partial charge in [0.05, 0.1) is 25.4 Å². The molecule has 0 saturated heterocycles. The Kier molecular flexibility index (Phi) is 63.0.